The molecular formula is C23H26N4O5. The van der Waals surface area contributed by atoms with Gasteiger partial charge in [0.15, 0.2) is 0 Å². The topological polar surface area (TPSA) is 112 Å². The van der Waals surface area contributed by atoms with Gasteiger partial charge in [0.25, 0.3) is 5.56 Å². The fourth-order valence-corrected chi connectivity index (χ4v) is 3.71. The van der Waals surface area contributed by atoms with Crippen molar-refractivity contribution in [2.75, 3.05) is 11.9 Å². The third-order valence-electron chi connectivity index (χ3n) is 5.43. The maximum atomic E-state index is 12.7. The molecule has 0 saturated carbocycles. The number of anilines is 1. The van der Waals surface area contributed by atoms with E-state index in [0.717, 1.165) is 10.1 Å². The first-order valence-electron chi connectivity index (χ1n) is 10.3. The Morgan fingerprint density at radius 1 is 1.12 bits per heavy atom. The number of benzene rings is 1. The molecule has 0 atom stereocenters. The van der Waals surface area contributed by atoms with Crippen molar-refractivity contribution in [3.05, 3.63) is 67.5 Å². The number of ether oxygens (including phenoxy) is 1. The second kappa shape index (κ2) is 9.17. The van der Waals surface area contributed by atoms with Crippen molar-refractivity contribution in [1.82, 2.24) is 14.1 Å². The van der Waals surface area contributed by atoms with Gasteiger partial charge in [-0.2, -0.15) is 0 Å². The smallest absolute Gasteiger partial charge is 0.338 e. The number of nitrogens with one attached hydrogen (secondary N) is 1. The number of nitrogens with zero attached hydrogens (tertiary/aromatic N) is 3. The molecule has 0 aliphatic rings. The quantitative estimate of drug-likeness (QED) is 0.589. The summed E-state index contributed by atoms with van der Waals surface area (Å²) in [4.78, 5) is 53.8. The maximum absolute atomic E-state index is 12.7. The lowest BCUT2D eigenvalue weighted by molar-refractivity contribution is -0.116. The highest BCUT2D eigenvalue weighted by Crippen LogP contribution is 2.21. The Morgan fingerprint density at radius 3 is 2.53 bits per heavy atom. The third-order valence-corrected chi connectivity index (χ3v) is 5.43. The molecule has 0 fully saturated rings. The Balaban J connectivity index is 1.83. The molecule has 0 radical (unpaired) electrons. The summed E-state index contributed by atoms with van der Waals surface area (Å²) in [7, 11) is 3.01. The van der Waals surface area contributed by atoms with Crippen LogP contribution in [-0.4, -0.2) is 32.6 Å². The van der Waals surface area contributed by atoms with Gasteiger partial charge in [-0.25, -0.2) is 14.6 Å². The number of carbonyl (C=O) groups is 2. The van der Waals surface area contributed by atoms with E-state index in [1.54, 1.807) is 52.1 Å². The van der Waals surface area contributed by atoms with E-state index in [1.165, 1.54) is 11.6 Å². The molecule has 1 aromatic carbocycles. The second-order valence-corrected chi connectivity index (χ2v) is 7.55. The molecule has 3 rings (SSSR count). The van der Waals surface area contributed by atoms with Crippen LogP contribution in [0.25, 0.3) is 11.0 Å². The molecule has 9 heteroatoms. The van der Waals surface area contributed by atoms with Gasteiger partial charge in [-0.1, -0.05) is 6.07 Å². The van der Waals surface area contributed by atoms with Crippen LogP contribution in [0.4, 0.5) is 5.69 Å². The van der Waals surface area contributed by atoms with Gasteiger partial charge < -0.3 is 10.1 Å². The molecule has 32 heavy (non-hydrogen) atoms. The summed E-state index contributed by atoms with van der Waals surface area (Å²) in [5.41, 5.74) is 2.50. The summed E-state index contributed by atoms with van der Waals surface area (Å²) in [6.07, 6.45) is 0.528. The molecule has 1 N–H and O–H groups in total. The first-order valence-corrected chi connectivity index (χ1v) is 10.3. The van der Waals surface area contributed by atoms with Crippen LogP contribution in [0.1, 0.15) is 40.5 Å². The van der Waals surface area contributed by atoms with Crippen molar-refractivity contribution >= 4 is 28.6 Å². The number of hydrogen-bond acceptors (Lipinski definition) is 6. The maximum Gasteiger partial charge on any atom is 0.338 e. The van der Waals surface area contributed by atoms with Gasteiger partial charge in [0.1, 0.15) is 5.65 Å². The van der Waals surface area contributed by atoms with Gasteiger partial charge in [-0.3, -0.25) is 18.7 Å². The van der Waals surface area contributed by atoms with Crippen molar-refractivity contribution in [3.63, 3.8) is 0 Å². The molecule has 3 aromatic rings. The summed E-state index contributed by atoms with van der Waals surface area (Å²) in [6.45, 7) is 5.60. The van der Waals surface area contributed by atoms with E-state index < -0.39 is 17.2 Å². The van der Waals surface area contributed by atoms with E-state index in [-0.39, 0.29) is 18.9 Å². The first kappa shape index (κ1) is 22.9. The number of carbonyl (C=O) groups excluding carboxylic acids is 2. The van der Waals surface area contributed by atoms with E-state index in [1.807, 2.05) is 0 Å². The molecular weight excluding hydrogens is 412 g/mol. The number of fused-ring (bicyclic) bond motifs is 1. The normalized spacial score (nSPS) is 10.9. The van der Waals surface area contributed by atoms with Gasteiger partial charge in [-0.05, 0) is 56.5 Å². The lowest BCUT2D eigenvalue weighted by Gasteiger charge is -2.15. The molecule has 2 heterocycles. The minimum absolute atomic E-state index is 0.157. The first-order chi connectivity index (χ1) is 15.1. The van der Waals surface area contributed by atoms with Crippen LogP contribution < -0.4 is 16.6 Å². The number of esters is 1. The van der Waals surface area contributed by atoms with E-state index in [2.05, 4.69) is 10.3 Å². The van der Waals surface area contributed by atoms with Crippen LogP contribution >= 0.6 is 0 Å². The van der Waals surface area contributed by atoms with Crippen LogP contribution in [0, 0.1) is 13.8 Å². The van der Waals surface area contributed by atoms with Crippen LogP contribution in [0.3, 0.4) is 0 Å². The summed E-state index contributed by atoms with van der Waals surface area (Å²) in [5, 5.41) is 3.16. The zero-order valence-electron chi connectivity index (χ0n) is 18.8. The minimum Gasteiger partial charge on any atom is -0.462 e. The molecule has 2 aromatic heterocycles. The van der Waals surface area contributed by atoms with Crippen LogP contribution in [0.5, 0.6) is 0 Å². The summed E-state index contributed by atoms with van der Waals surface area (Å²) >= 11 is 0. The molecule has 0 unspecified atom stereocenters. The summed E-state index contributed by atoms with van der Waals surface area (Å²) in [6, 6.07) is 6.55. The third kappa shape index (κ3) is 4.32. The van der Waals surface area contributed by atoms with Gasteiger partial charge in [-0.15, -0.1) is 0 Å². The molecule has 1 amide bonds. The zero-order chi connectivity index (χ0) is 23.6. The Morgan fingerprint density at radius 2 is 1.84 bits per heavy atom. The Hall–Kier alpha value is -3.75. The largest absolute Gasteiger partial charge is 0.462 e. The van der Waals surface area contributed by atoms with E-state index in [4.69, 9.17) is 4.74 Å². The molecule has 9 nitrogen and oxygen atoms in total. The Labute approximate surface area is 184 Å². The van der Waals surface area contributed by atoms with Crippen LogP contribution in [0.15, 0.2) is 33.9 Å². The van der Waals surface area contributed by atoms with Crippen molar-refractivity contribution in [2.24, 2.45) is 14.1 Å². The number of pyridine rings is 1. The molecule has 0 aliphatic carbocycles. The standard InChI is InChI=1S/C23H26N4O5/c1-6-32-22(30)15-8-7-9-16(12-15)25-18(28)11-10-17-13(2)19-20(24-14(17)3)26(4)23(31)27(5)21(19)29/h7-9,12H,6,10-11H2,1-5H3,(H,25,28). The van der Waals surface area contributed by atoms with Crippen LogP contribution in [0.2, 0.25) is 0 Å². The number of hydrogen-bond donors (Lipinski definition) is 1. The fraction of sp³-hybridized carbons (Fsp3) is 0.348. The molecule has 168 valence electrons. The van der Waals surface area contributed by atoms with Crippen molar-refractivity contribution in [1.29, 1.82) is 0 Å². The predicted octanol–water partition coefficient (Wildman–Crippen LogP) is 2.00. The van der Waals surface area contributed by atoms with Crippen molar-refractivity contribution in [3.8, 4) is 0 Å². The molecule has 0 saturated heterocycles. The average molecular weight is 438 g/mol. The van der Waals surface area contributed by atoms with E-state index in [9.17, 15) is 19.2 Å². The van der Waals surface area contributed by atoms with Crippen LogP contribution in [-0.2, 0) is 30.0 Å². The highest BCUT2D eigenvalue weighted by molar-refractivity contribution is 5.94. The van der Waals surface area contributed by atoms with E-state index >= 15 is 0 Å². The Bertz CT molecular complexity index is 1340. The second-order valence-electron chi connectivity index (χ2n) is 7.55. The monoisotopic (exact) mass is 438 g/mol. The minimum atomic E-state index is -0.451. The SMILES string of the molecule is CCOC(=O)c1cccc(NC(=O)CCc2c(C)nc3c(c2C)c(=O)n(C)c(=O)n3C)c1. The predicted molar refractivity (Wildman–Crippen MR) is 121 cm³/mol. The fourth-order valence-electron chi connectivity index (χ4n) is 3.71. The lowest BCUT2D eigenvalue weighted by atomic mass is 10.00. The van der Waals surface area contributed by atoms with E-state index in [0.29, 0.717) is 40.0 Å². The Kier molecular flexibility index (Phi) is 6.57. The van der Waals surface area contributed by atoms with Gasteiger partial charge in [0, 0.05) is 31.9 Å². The number of amides is 1. The zero-order valence-corrected chi connectivity index (χ0v) is 18.8. The summed E-state index contributed by atoms with van der Waals surface area (Å²) in [5.74, 6) is -0.689. The number of rotatable bonds is 6. The lowest BCUT2D eigenvalue weighted by Crippen LogP contribution is -2.38. The van der Waals surface area contributed by atoms with Gasteiger partial charge in [0.05, 0.1) is 17.6 Å². The molecule has 0 spiro atoms. The van der Waals surface area contributed by atoms with Crippen molar-refractivity contribution < 1.29 is 14.3 Å². The average Bonchev–Trinajstić information content (AvgIpc) is 2.76. The van der Waals surface area contributed by atoms with Gasteiger partial charge >= 0.3 is 11.7 Å². The number of aromatic nitrogens is 3. The summed E-state index contributed by atoms with van der Waals surface area (Å²) < 4.78 is 7.39. The molecule has 0 aliphatic heterocycles. The number of aryl methyl sites for hydroxylation is 3. The highest BCUT2D eigenvalue weighted by atomic mass is 16.5. The van der Waals surface area contributed by atoms with Gasteiger partial charge in [0.2, 0.25) is 5.91 Å². The highest BCUT2D eigenvalue weighted by Gasteiger charge is 2.18. The molecule has 0 bridgehead atoms. The van der Waals surface area contributed by atoms with Crippen molar-refractivity contribution in [2.45, 2.75) is 33.6 Å².